The van der Waals surface area contributed by atoms with E-state index in [1.807, 2.05) is 0 Å². The van der Waals surface area contributed by atoms with Crippen LogP contribution in [-0.4, -0.2) is 41.3 Å². The number of carbonyl (C=O) groups is 3. The maximum atomic E-state index is 12.7. The fourth-order valence-electron chi connectivity index (χ4n) is 2.25. The Morgan fingerprint density at radius 1 is 1.09 bits per heavy atom. The predicted molar refractivity (Wildman–Crippen MR) is 84.8 cm³/mol. The van der Waals surface area contributed by atoms with Crippen molar-refractivity contribution in [3.05, 3.63) is 0 Å². The second kappa shape index (κ2) is 6.76. The van der Waals surface area contributed by atoms with Crippen LogP contribution in [0.3, 0.4) is 0 Å². The van der Waals surface area contributed by atoms with E-state index >= 15 is 0 Å². The number of hydrogen-bond acceptors (Lipinski definition) is 5. The van der Waals surface area contributed by atoms with Crippen LogP contribution in [0.1, 0.15) is 60.8 Å². The maximum Gasteiger partial charge on any atom is 0.408 e. The summed E-state index contributed by atoms with van der Waals surface area (Å²) < 4.78 is 10.7. The Morgan fingerprint density at radius 2 is 1.65 bits per heavy atom. The lowest BCUT2D eigenvalue weighted by Gasteiger charge is -2.34. The molecule has 1 fully saturated rings. The zero-order chi connectivity index (χ0) is 17.9. The molecule has 7 nitrogen and oxygen atoms in total. The summed E-state index contributed by atoms with van der Waals surface area (Å²) in [5, 5.41) is 5.28. The molecule has 0 spiro atoms. The lowest BCUT2D eigenvalue weighted by molar-refractivity contribution is -0.164. The third kappa shape index (κ3) is 6.46. The zero-order valence-electron chi connectivity index (χ0n) is 14.9. The van der Waals surface area contributed by atoms with Crippen LogP contribution >= 0.6 is 0 Å². The highest BCUT2D eigenvalue weighted by atomic mass is 16.6. The Morgan fingerprint density at radius 3 is 2.17 bits per heavy atom. The van der Waals surface area contributed by atoms with Gasteiger partial charge in [0, 0.05) is 6.54 Å². The Kier molecular flexibility index (Phi) is 5.66. The van der Waals surface area contributed by atoms with Gasteiger partial charge in [0.1, 0.15) is 16.7 Å². The van der Waals surface area contributed by atoms with Crippen molar-refractivity contribution in [1.82, 2.24) is 10.6 Å². The summed E-state index contributed by atoms with van der Waals surface area (Å²) in [6.07, 6.45) is -0.0416. The van der Waals surface area contributed by atoms with E-state index < -0.39 is 28.8 Å². The zero-order valence-corrected chi connectivity index (χ0v) is 14.9. The van der Waals surface area contributed by atoms with Crippen LogP contribution in [0.2, 0.25) is 0 Å². The summed E-state index contributed by atoms with van der Waals surface area (Å²) in [5.41, 5.74) is -2.83. The molecule has 23 heavy (non-hydrogen) atoms. The van der Waals surface area contributed by atoms with Gasteiger partial charge >= 0.3 is 12.1 Å². The minimum absolute atomic E-state index is 0.166. The van der Waals surface area contributed by atoms with E-state index in [2.05, 4.69) is 10.6 Å². The first-order chi connectivity index (χ1) is 10.3. The number of esters is 1. The van der Waals surface area contributed by atoms with Gasteiger partial charge in [0.2, 0.25) is 5.91 Å². The van der Waals surface area contributed by atoms with Crippen LogP contribution < -0.4 is 10.6 Å². The van der Waals surface area contributed by atoms with Crippen LogP contribution in [-0.2, 0) is 19.1 Å². The molecule has 0 aromatic heterocycles. The third-order valence-electron chi connectivity index (χ3n) is 3.09. The van der Waals surface area contributed by atoms with E-state index in [9.17, 15) is 14.4 Å². The first kappa shape index (κ1) is 19.3. The first-order valence-corrected chi connectivity index (χ1v) is 7.84. The number of hydrogen-bond donors (Lipinski definition) is 2. The van der Waals surface area contributed by atoms with Crippen LogP contribution in [0.4, 0.5) is 4.79 Å². The van der Waals surface area contributed by atoms with Crippen LogP contribution in [0.5, 0.6) is 0 Å². The fraction of sp³-hybridized carbons (Fsp3) is 0.812. The molecule has 1 aliphatic rings. The summed E-state index contributed by atoms with van der Waals surface area (Å²) in [4.78, 5) is 36.7. The number of alkyl carbamates (subject to hydrolysis) is 1. The normalized spacial score (nSPS) is 22.6. The average Bonchev–Trinajstić information content (AvgIpc) is 2.46. The van der Waals surface area contributed by atoms with E-state index in [0.29, 0.717) is 19.4 Å². The van der Waals surface area contributed by atoms with Gasteiger partial charge < -0.3 is 20.1 Å². The molecule has 0 aliphatic carbocycles. The Bertz CT molecular complexity index is 476. The molecule has 1 unspecified atom stereocenters. The Labute approximate surface area is 137 Å². The van der Waals surface area contributed by atoms with Gasteiger partial charge in [-0.1, -0.05) is 0 Å². The molecule has 0 aromatic rings. The molecule has 1 rings (SSSR count). The standard InChI is InChI=1S/C16H28N2O5/c1-14(2,3)22-12(20)16(8-7-9-17-11(19)10-16)18-13(21)23-15(4,5)6/h7-10H2,1-6H3,(H,17,19)(H,18,21). The molecular weight excluding hydrogens is 300 g/mol. The number of amides is 2. The summed E-state index contributed by atoms with van der Waals surface area (Å²) in [7, 11) is 0. The van der Waals surface area contributed by atoms with Crippen molar-refractivity contribution in [3.8, 4) is 0 Å². The van der Waals surface area contributed by atoms with Gasteiger partial charge in [-0.15, -0.1) is 0 Å². The molecule has 0 aromatic carbocycles. The van der Waals surface area contributed by atoms with Gasteiger partial charge in [-0.2, -0.15) is 0 Å². The van der Waals surface area contributed by atoms with E-state index in [1.54, 1.807) is 41.5 Å². The van der Waals surface area contributed by atoms with Gasteiger partial charge in [-0.3, -0.25) is 4.79 Å². The first-order valence-electron chi connectivity index (χ1n) is 7.84. The van der Waals surface area contributed by atoms with Crippen molar-refractivity contribution >= 4 is 18.0 Å². The number of nitrogens with one attached hydrogen (secondary N) is 2. The second-order valence-corrected chi connectivity index (χ2v) is 7.84. The van der Waals surface area contributed by atoms with Crippen LogP contribution in [0.25, 0.3) is 0 Å². The lowest BCUT2D eigenvalue weighted by atomic mass is 9.90. The number of ether oxygens (including phenoxy) is 2. The smallest absolute Gasteiger partial charge is 0.408 e. The second-order valence-electron chi connectivity index (χ2n) is 7.84. The van der Waals surface area contributed by atoms with E-state index in [0.717, 1.165) is 0 Å². The average molecular weight is 328 g/mol. The van der Waals surface area contributed by atoms with E-state index in [4.69, 9.17) is 9.47 Å². The molecular formula is C16H28N2O5. The van der Waals surface area contributed by atoms with E-state index in [-0.39, 0.29) is 12.3 Å². The van der Waals surface area contributed by atoms with Gasteiger partial charge in [-0.25, -0.2) is 9.59 Å². The van der Waals surface area contributed by atoms with Crippen molar-refractivity contribution in [2.24, 2.45) is 0 Å². The quantitative estimate of drug-likeness (QED) is 0.755. The highest BCUT2D eigenvalue weighted by Crippen LogP contribution is 2.25. The topological polar surface area (TPSA) is 93.7 Å². The molecule has 1 heterocycles. The summed E-state index contributed by atoms with van der Waals surface area (Å²) in [5.74, 6) is -0.919. The van der Waals surface area contributed by atoms with Crippen molar-refractivity contribution < 1.29 is 23.9 Å². The SMILES string of the molecule is CC(C)(C)OC(=O)NC1(C(=O)OC(C)(C)C)CCCNC(=O)C1. The summed E-state index contributed by atoms with van der Waals surface area (Å²) in [6.45, 7) is 10.9. The third-order valence-corrected chi connectivity index (χ3v) is 3.09. The summed E-state index contributed by atoms with van der Waals surface area (Å²) >= 11 is 0. The summed E-state index contributed by atoms with van der Waals surface area (Å²) in [6, 6.07) is 0. The Hall–Kier alpha value is -1.79. The molecule has 1 atom stereocenters. The monoisotopic (exact) mass is 328 g/mol. The van der Waals surface area contributed by atoms with Gasteiger partial charge in [0.15, 0.2) is 0 Å². The minimum atomic E-state index is -1.41. The number of carbonyl (C=O) groups excluding carboxylic acids is 3. The fourth-order valence-corrected chi connectivity index (χ4v) is 2.25. The van der Waals surface area contributed by atoms with Crippen molar-refractivity contribution in [1.29, 1.82) is 0 Å². The lowest BCUT2D eigenvalue weighted by Crippen LogP contribution is -2.58. The molecule has 2 N–H and O–H groups in total. The molecule has 7 heteroatoms. The Balaban J connectivity index is 3.02. The molecule has 132 valence electrons. The predicted octanol–water partition coefficient (Wildman–Crippen LogP) is 1.89. The van der Waals surface area contributed by atoms with Gasteiger partial charge in [0.25, 0.3) is 0 Å². The highest BCUT2D eigenvalue weighted by Gasteiger charge is 2.46. The molecule has 0 bridgehead atoms. The molecule has 0 saturated carbocycles. The number of rotatable bonds is 2. The van der Waals surface area contributed by atoms with Crippen molar-refractivity contribution in [2.75, 3.05) is 6.54 Å². The molecule has 0 radical (unpaired) electrons. The van der Waals surface area contributed by atoms with Gasteiger partial charge in [-0.05, 0) is 54.4 Å². The van der Waals surface area contributed by atoms with Crippen molar-refractivity contribution in [3.63, 3.8) is 0 Å². The largest absolute Gasteiger partial charge is 0.458 e. The van der Waals surface area contributed by atoms with Crippen LogP contribution in [0.15, 0.2) is 0 Å². The highest BCUT2D eigenvalue weighted by molar-refractivity contribution is 5.92. The van der Waals surface area contributed by atoms with E-state index in [1.165, 1.54) is 0 Å². The molecule has 1 saturated heterocycles. The maximum absolute atomic E-state index is 12.7. The minimum Gasteiger partial charge on any atom is -0.458 e. The van der Waals surface area contributed by atoms with Gasteiger partial charge in [0.05, 0.1) is 6.42 Å². The molecule has 1 aliphatic heterocycles. The molecule has 2 amide bonds. The van der Waals surface area contributed by atoms with Crippen molar-refractivity contribution in [2.45, 2.75) is 77.5 Å². The van der Waals surface area contributed by atoms with Crippen LogP contribution in [0, 0.1) is 0 Å².